The molecule has 1 aliphatic heterocycles. The number of piperidine rings is 1. The van der Waals surface area contributed by atoms with E-state index in [0.717, 1.165) is 36.5 Å². The van der Waals surface area contributed by atoms with Crippen LogP contribution in [-0.4, -0.2) is 29.2 Å². The van der Waals surface area contributed by atoms with Crippen LogP contribution < -0.4 is 4.90 Å². The van der Waals surface area contributed by atoms with Gasteiger partial charge in [-0.25, -0.2) is 0 Å². The number of carbonyl (C=O) groups excluding carboxylic acids is 1. The van der Waals surface area contributed by atoms with Crippen molar-refractivity contribution >= 4 is 12.1 Å². The van der Waals surface area contributed by atoms with E-state index in [2.05, 4.69) is 10.00 Å². The third-order valence-electron chi connectivity index (χ3n) is 3.01. The lowest BCUT2D eigenvalue weighted by Gasteiger charge is -2.28. The van der Waals surface area contributed by atoms with Gasteiger partial charge in [0.25, 0.3) is 0 Å². The first-order chi connectivity index (χ1) is 7.24. The third kappa shape index (κ3) is 1.76. The minimum Gasteiger partial charge on any atom is -0.356 e. The van der Waals surface area contributed by atoms with Crippen LogP contribution in [0.2, 0.25) is 0 Å². The Morgan fingerprint density at radius 2 is 1.93 bits per heavy atom. The molecule has 0 unspecified atom stereocenters. The van der Waals surface area contributed by atoms with Crippen molar-refractivity contribution in [1.29, 1.82) is 0 Å². The summed E-state index contributed by atoms with van der Waals surface area (Å²) >= 11 is 0. The number of aromatic nitrogens is 2. The number of carbonyl (C=O) groups is 1. The molecule has 0 amide bonds. The first kappa shape index (κ1) is 10.2. The molecule has 1 aliphatic rings. The fourth-order valence-corrected chi connectivity index (χ4v) is 2.28. The monoisotopic (exact) mass is 207 g/mol. The first-order valence-corrected chi connectivity index (χ1v) is 5.47. The van der Waals surface area contributed by atoms with Crippen molar-refractivity contribution in [2.45, 2.75) is 26.2 Å². The van der Waals surface area contributed by atoms with E-state index in [9.17, 15) is 4.79 Å². The predicted octanol–water partition coefficient (Wildman–Crippen LogP) is 1.53. The van der Waals surface area contributed by atoms with Crippen LogP contribution in [0.1, 0.15) is 35.3 Å². The predicted molar refractivity (Wildman–Crippen MR) is 59.4 cm³/mol. The molecule has 0 radical (unpaired) electrons. The molecular weight excluding hydrogens is 190 g/mol. The summed E-state index contributed by atoms with van der Waals surface area (Å²) in [5.74, 6) is 0.988. The molecule has 82 valence electrons. The lowest BCUT2D eigenvalue weighted by atomic mass is 10.1. The molecule has 0 aromatic carbocycles. The minimum absolute atomic E-state index is 0.749. The second-order valence-electron chi connectivity index (χ2n) is 4.11. The number of rotatable bonds is 2. The maximum absolute atomic E-state index is 11.0. The number of hydrogen-bond acceptors (Lipinski definition) is 3. The largest absolute Gasteiger partial charge is 0.356 e. The molecule has 0 atom stereocenters. The highest BCUT2D eigenvalue weighted by Crippen LogP contribution is 2.24. The Morgan fingerprint density at radius 1 is 1.27 bits per heavy atom. The fraction of sp³-hybridized carbons (Fsp3) is 0.636. The van der Waals surface area contributed by atoms with Crippen LogP contribution in [0.3, 0.4) is 0 Å². The molecule has 15 heavy (non-hydrogen) atoms. The van der Waals surface area contributed by atoms with Gasteiger partial charge in [0, 0.05) is 20.1 Å². The molecule has 0 N–H and O–H groups in total. The van der Waals surface area contributed by atoms with E-state index >= 15 is 0 Å². The van der Waals surface area contributed by atoms with Gasteiger partial charge in [0.05, 0.1) is 11.3 Å². The van der Waals surface area contributed by atoms with Gasteiger partial charge in [-0.05, 0) is 26.2 Å². The van der Waals surface area contributed by atoms with E-state index < -0.39 is 0 Å². The van der Waals surface area contributed by atoms with Gasteiger partial charge in [-0.15, -0.1) is 0 Å². The number of nitrogens with zero attached hydrogens (tertiary/aromatic N) is 3. The maximum Gasteiger partial charge on any atom is 0.155 e. The van der Waals surface area contributed by atoms with Crippen molar-refractivity contribution in [3.05, 3.63) is 11.3 Å². The van der Waals surface area contributed by atoms with Gasteiger partial charge >= 0.3 is 0 Å². The van der Waals surface area contributed by atoms with E-state index in [1.165, 1.54) is 19.3 Å². The molecule has 4 nitrogen and oxygen atoms in total. The zero-order valence-electron chi connectivity index (χ0n) is 9.36. The molecule has 1 saturated heterocycles. The minimum atomic E-state index is 0.749. The van der Waals surface area contributed by atoms with Crippen LogP contribution in [0.15, 0.2) is 0 Å². The summed E-state index contributed by atoms with van der Waals surface area (Å²) in [5.41, 5.74) is 1.58. The normalized spacial score (nSPS) is 16.8. The van der Waals surface area contributed by atoms with Gasteiger partial charge in [0.2, 0.25) is 0 Å². The van der Waals surface area contributed by atoms with Crippen molar-refractivity contribution in [2.75, 3.05) is 18.0 Å². The lowest BCUT2D eigenvalue weighted by Crippen LogP contribution is -2.31. The number of aryl methyl sites for hydroxylation is 2. The Hall–Kier alpha value is -1.32. The van der Waals surface area contributed by atoms with Gasteiger partial charge < -0.3 is 4.90 Å². The highest BCUT2D eigenvalue weighted by atomic mass is 16.1. The fourth-order valence-electron chi connectivity index (χ4n) is 2.28. The van der Waals surface area contributed by atoms with Crippen molar-refractivity contribution in [3.8, 4) is 0 Å². The molecule has 0 saturated carbocycles. The molecule has 0 aliphatic carbocycles. The van der Waals surface area contributed by atoms with E-state index in [4.69, 9.17) is 0 Å². The average molecular weight is 207 g/mol. The average Bonchev–Trinajstić information content (AvgIpc) is 2.54. The summed E-state index contributed by atoms with van der Waals surface area (Å²) in [7, 11) is 1.91. The van der Waals surface area contributed by atoms with E-state index in [1.54, 1.807) is 0 Å². The van der Waals surface area contributed by atoms with Gasteiger partial charge in [0.15, 0.2) is 6.29 Å². The molecular formula is C11H17N3O. The van der Waals surface area contributed by atoms with Crippen LogP contribution in [0.25, 0.3) is 0 Å². The van der Waals surface area contributed by atoms with Gasteiger partial charge in [-0.3, -0.25) is 9.48 Å². The topological polar surface area (TPSA) is 38.1 Å². The van der Waals surface area contributed by atoms with Gasteiger partial charge in [0.1, 0.15) is 5.82 Å². The summed E-state index contributed by atoms with van der Waals surface area (Å²) in [6.45, 7) is 3.97. The molecule has 1 aromatic rings. The third-order valence-corrected chi connectivity index (χ3v) is 3.01. The van der Waals surface area contributed by atoms with Gasteiger partial charge in [-0.1, -0.05) is 0 Å². The van der Waals surface area contributed by atoms with Crippen LogP contribution in [0.4, 0.5) is 5.82 Å². The van der Waals surface area contributed by atoms with E-state index in [1.807, 2.05) is 18.7 Å². The summed E-state index contributed by atoms with van der Waals surface area (Å²) in [6, 6.07) is 0. The summed E-state index contributed by atoms with van der Waals surface area (Å²) in [4.78, 5) is 13.3. The Labute approximate surface area is 89.9 Å². The number of anilines is 1. The highest BCUT2D eigenvalue weighted by molar-refractivity contribution is 5.84. The van der Waals surface area contributed by atoms with Crippen molar-refractivity contribution in [3.63, 3.8) is 0 Å². The Balaban J connectivity index is 2.36. The van der Waals surface area contributed by atoms with Crippen molar-refractivity contribution in [1.82, 2.24) is 9.78 Å². The molecule has 4 heteroatoms. The van der Waals surface area contributed by atoms with E-state index in [-0.39, 0.29) is 0 Å². The second-order valence-corrected chi connectivity index (χ2v) is 4.11. The lowest BCUT2D eigenvalue weighted by molar-refractivity contribution is 0.112. The molecule has 1 aromatic heterocycles. The standard InChI is InChI=1S/C11H17N3O/c1-9-10(8-15)11(13(2)12-9)14-6-4-3-5-7-14/h8H,3-7H2,1-2H3. The van der Waals surface area contributed by atoms with Crippen LogP contribution in [0, 0.1) is 6.92 Å². The zero-order chi connectivity index (χ0) is 10.8. The number of aldehydes is 1. The Morgan fingerprint density at radius 3 is 2.53 bits per heavy atom. The van der Waals surface area contributed by atoms with Crippen LogP contribution in [0.5, 0.6) is 0 Å². The highest BCUT2D eigenvalue weighted by Gasteiger charge is 2.20. The van der Waals surface area contributed by atoms with Crippen molar-refractivity contribution < 1.29 is 4.79 Å². The van der Waals surface area contributed by atoms with Crippen molar-refractivity contribution in [2.24, 2.45) is 7.05 Å². The van der Waals surface area contributed by atoms with E-state index in [0.29, 0.717) is 0 Å². The molecule has 0 bridgehead atoms. The summed E-state index contributed by atoms with van der Waals surface area (Å²) in [5, 5.41) is 4.30. The Bertz CT molecular complexity index is 364. The molecule has 2 heterocycles. The summed E-state index contributed by atoms with van der Waals surface area (Å²) < 4.78 is 1.82. The van der Waals surface area contributed by atoms with Crippen LogP contribution in [-0.2, 0) is 7.05 Å². The van der Waals surface area contributed by atoms with Crippen LogP contribution >= 0.6 is 0 Å². The summed E-state index contributed by atoms with van der Waals surface area (Å²) in [6.07, 6.45) is 4.64. The zero-order valence-corrected chi connectivity index (χ0v) is 9.36. The molecule has 1 fully saturated rings. The SMILES string of the molecule is Cc1nn(C)c(N2CCCCC2)c1C=O. The number of hydrogen-bond donors (Lipinski definition) is 0. The van der Waals surface area contributed by atoms with Gasteiger partial charge in [-0.2, -0.15) is 5.10 Å². The molecule has 2 rings (SSSR count). The maximum atomic E-state index is 11.0. The first-order valence-electron chi connectivity index (χ1n) is 5.47. The Kier molecular flexibility index (Phi) is 2.75. The molecule has 0 spiro atoms. The quantitative estimate of drug-likeness (QED) is 0.690. The smallest absolute Gasteiger partial charge is 0.155 e. The second kappa shape index (κ2) is 4.04.